The molecule has 0 unspecified atom stereocenters. The van der Waals surface area contributed by atoms with Gasteiger partial charge in [-0.1, -0.05) is 36.5 Å². The van der Waals surface area contributed by atoms with Gasteiger partial charge in [-0.15, -0.1) is 0 Å². The van der Waals surface area contributed by atoms with Gasteiger partial charge < -0.3 is 4.74 Å². The number of imidazole rings is 1. The van der Waals surface area contributed by atoms with Crippen molar-refractivity contribution in [1.29, 1.82) is 0 Å². The van der Waals surface area contributed by atoms with E-state index in [-0.39, 0.29) is 5.56 Å². The van der Waals surface area contributed by atoms with Gasteiger partial charge in [0.1, 0.15) is 5.75 Å². The predicted octanol–water partition coefficient (Wildman–Crippen LogP) is 3.86. The molecule has 0 aliphatic rings. The zero-order chi connectivity index (χ0) is 18.3. The zero-order valence-corrected chi connectivity index (χ0v) is 15.9. The van der Waals surface area contributed by atoms with E-state index in [2.05, 4.69) is 25.8 Å². The number of fused-ring (bicyclic) bond motifs is 3. The van der Waals surface area contributed by atoms with Gasteiger partial charge >= 0.3 is 0 Å². The molecule has 5 heteroatoms. The molecule has 26 heavy (non-hydrogen) atoms. The van der Waals surface area contributed by atoms with E-state index in [0.29, 0.717) is 11.1 Å². The summed E-state index contributed by atoms with van der Waals surface area (Å²) in [4.78, 5) is 18.4. The van der Waals surface area contributed by atoms with Crippen LogP contribution in [-0.2, 0) is 0 Å². The van der Waals surface area contributed by atoms with Crippen LogP contribution in [0.15, 0.2) is 41.2 Å². The van der Waals surface area contributed by atoms with Crippen molar-refractivity contribution < 1.29 is 4.74 Å². The first-order valence-electron chi connectivity index (χ1n) is 8.74. The Morgan fingerprint density at radius 2 is 1.96 bits per heavy atom. The molecule has 4 rings (SSSR count). The largest absolute Gasteiger partial charge is 0.493 e. The predicted molar refractivity (Wildman–Crippen MR) is 107 cm³/mol. The molecule has 0 saturated carbocycles. The van der Waals surface area contributed by atoms with Crippen molar-refractivity contribution in [1.82, 2.24) is 9.38 Å². The molecule has 0 N–H and O–H groups in total. The van der Waals surface area contributed by atoms with Crippen molar-refractivity contribution in [3.05, 3.63) is 68.0 Å². The van der Waals surface area contributed by atoms with Crippen LogP contribution in [-0.4, -0.2) is 16.0 Å². The second kappa shape index (κ2) is 6.57. The van der Waals surface area contributed by atoms with Crippen LogP contribution in [0.5, 0.6) is 5.75 Å². The highest BCUT2D eigenvalue weighted by Crippen LogP contribution is 2.22. The Labute approximate surface area is 155 Å². The second-order valence-corrected chi connectivity index (χ2v) is 7.47. The molecule has 0 fully saturated rings. The molecule has 2 aromatic heterocycles. The first kappa shape index (κ1) is 16.8. The molecule has 4 nitrogen and oxygen atoms in total. The third-order valence-electron chi connectivity index (χ3n) is 4.52. The number of para-hydroxylation sites is 1. The minimum atomic E-state index is -0.0268. The number of nitrogens with zero attached hydrogens (tertiary/aromatic N) is 2. The van der Waals surface area contributed by atoms with E-state index in [1.165, 1.54) is 16.9 Å². The van der Waals surface area contributed by atoms with Gasteiger partial charge in [0.25, 0.3) is 5.56 Å². The van der Waals surface area contributed by atoms with Crippen LogP contribution in [0.2, 0.25) is 0 Å². The molecule has 4 aromatic rings. The molecular weight excluding hydrogens is 344 g/mol. The summed E-state index contributed by atoms with van der Waals surface area (Å²) in [5.74, 6) is 0.802. The topological polar surface area (TPSA) is 43.6 Å². The van der Waals surface area contributed by atoms with Crippen molar-refractivity contribution >= 4 is 33.4 Å². The second-order valence-electron chi connectivity index (χ2n) is 6.46. The van der Waals surface area contributed by atoms with Crippen molar-refractivity contribution in [3.63, 3.8) is 0 Å². The Balaban J connectivity index is 1.91. The summed E-state index contributed by atoms with van der Waals surface area (Å²) in [6.45, 7) is 6.85. The summed E-state index contributed by atoms with van der Waals surface area (Å²) in [6, 6.07) is 11.9. The van der Waals surface area contributed by atoms with E-state index in [4.69, 9.17) is 4.74 Å². The fraction of sp³-hybridized carbons (Fsp3) is 0.238. The molecule has 0 saturated heterocycles. The molecule has 132 valence electrons. The van der Waals surface area contributed by atoms with Gasteiger partial charge in [0.15, 0.2) is 4.96 Å². The minimum absolute atomic E-state index is 0.0268. The van der Waals surface area contributed by atoms with Gasteiger partial charge in [0.2, 0.25) is 0 Å². The summed E-state index contributed by atoms with van der Waals surface area (Å²) >= 11 is 1.42. The molecule has 2 heterocycles. The minimum Gasteiger partial charge on any atom is -0.493 e. The van der Waals surface area contributed by atoms with Crippen LogP contribution in [0, 0.1) is 13.8 Å². The summed E-state index contributed by atoms with van der Waals surface area (Å²) in [6.07, 6.45) is 2.85. The number of rotatable bonds is 4. The van der Waals surface area contributed by atoms with Gasteiger partial charge in [0, 0.05) is 5.56 Å². The number of hydrogen-bond donors (Lipinski definition) is 0. The highest BCUT2D eigenvalue weighted by Gasteiger charge is 2.12. The molecule has 0 atom stereocenters. The third kappa shape index (κ3) is 2.78. The van der Waals surface area contributed by atoms with Crippen LogP contribution < -0.4 is 14.8 Å². The maximum Gasteiger partial charge on any atom is 0.274 e. The zero-order valence-electron chi connectivity index (χ0n) is 15.1. The fourth-order valence-electron chi connectivity index (χ4n) is 3.00. The summed E-state index contributed by atoms with van der Waals surface area (Å²) in [5, 5.41) is 0. The number of aromatic nitrogens is 2. The van der Waals surface area contributed by atoms with Gasteiger partial charge in [0.05, 0.1) is 22.2 Å². The molecule has 2 aromatic carbocycles. The summed E-state index contributed by atoms with van der Waals surface area (Å²) < 4.78 is 8.18. The Morgan fingerprint density at radius 1 is 1.19 bits per heavy atom. The highest BCUT2D eigenvalue weighted by molar-refractivity contribution is 7.15. The molecule has 0 bridgehead atoms. The Hall–Kier alpha value is -2.66. The normalized spacial score (nSPS) is 12.3. The SMILES string of the molecule is CCCOc1ccccc1/C=c1/sc2nc3cc(C)c(C)cc3n2c1=O. The quantitative estimate of drug-likeness (QED) is 0.552. The number of benzene rings is 2. The van der Waals surface area contributed by atoms with E-state index in [1.54, 1.807) is 4.40 Å². The van der Waals surface area contributed by atoms with Crippen LogP contribution in [0.4, 0.5) is 0 Å². The van der Waals surface area contributed by atoms with Crippen LogP contribution in [0.1, 0.15) is 30.0 Å². The number of ether oxygens (including phenoxy) is 1. The van der Waals surface area contributed by atoms with E-state index in [0.717, 1.165) is 39.3 Å². The number of hydrogen-bond acceptors (Lipinski definition) is 4. The van der Waals surface area contributed by atoms with Crippen molar-refractivity contribution in [2.75, 3.05) is 6.61 Å². The monoisotopic (exact) mass is 364 g/mol. The lowest BCUT2D eigenvalue weighted by molar-refractivity contribution is 0.317. The van der Waals surface area contributed by atoms with Crippen molar-refractivity contribution in [3.8, 4) is 5.75 Å². The van der Waals surface area contributed by atoms with E-state index < -0.39 is 0 Å². The standard InChI is InChI=1S/C21H20N2O2S/c1-4-9-25-18-8-6-5-7-15(18)12-19-20(24)23-17-11-14(3)13(2)10-16(17)22-21(23)26-19/h5-8,10-12H,4,9H2,1-3H3/b19-12+. The van der Waals surface area contributed by atoms with E-state index in [1.807, 2.05) is 42.5 Å². The Bertz CT molecular complexity index is 1220. The Kier molecular flexibility index (Phi) is 4.24. The molecular formula is C21H20N2O2S. The lowest BCUT2D eigenvalue weighted by Crippen LogP contribution is -2.22. The summed E-state index contributed by atoms with van der Waals surface area (Å²) in [7, 11) is 0. The molecule has 0 radical (unpaired) electrons. The fourth-order valence-corrected chi connectivity index (χ4v) is 3.98. The molecule has 0 aliphatic carbocycles. The number of aryl methyl sites for hydroxylation is 2. The van der Waals surface area contributed by atoms with Crippen LogP contribution >= 0.6 is 11.3 Å². The van der Waals surface area contributed by atoms with Crippen LogP contribution in [0.25, 0.3) is 22.1 Å². The first-order chi connectivity index (χ1) is 12.6. The molecule has 0 spiro atoms. The first-order valence-corrected chi connectivity index (χ1v) is 9.56. The van der Waals surface area contributed by atoms with Gasteiger partial charge in [-0.3, -0.25) is 4.79 Å². The molecule has 0 amide bonds. The van der Waals surface area contributed by atoms with Gasteiger partial charge in [-0.25, -0.2) is 9.38 Å². The molecule has 0 aliphatic heterocycles. The highest BCUT2D eigenvalue weighted by atomic mass is 32.1. The number of thiazole rings is 1. The smallest absolute Gasteiger partial charge is 0.274 e. The van der Waals surface area contributed by atoms with Crippen molar-refractivity contribution in [2.45, 2.75) is 27.2 Å². The average Bonchev–Trinajstić information content (AvgIpc) is 3.11. The lowest BCUT2D eigenvalue weighted by Gasteiger charge is -2.07. The van der Waals surface area contributed by atoms with Crippen LogP contribution in [0.3, 0.4) is 0 Å². The van der Waals surface area contributed by atoms with Gasteiger partial charge in [-0.05, 0) is 55.7 Å². The third-order valence-corrected chi connectivity index (χ3v) is 5.49. The van der Waals surface area contributed by atoms with E-state index >= 15 is 0 Å². The van der Waals surface area contributed by atoms with Gasteiger partial charge in [-0.2, -0.15) is 0 Å². The van der Waals surface area contributed by atoms with Crippen molar-refractivity contribution in [2.24, 2.45) is 0 Å². The maximum absolute atomic E-state index is 13.0. The van der Waals surface area contributed by atoms with E-state index in [9.17, 15) is 4.79 Å². The average molecular weight is 364 g/mol. The maximum atomic E-state index is 13.0. The lowest BCUT2D eigenvalue weighted by atomic mass is 10.1. The Morgan fingerprint density at radius 3 is 2.77 bits per heavy atom. The summed E-state index contributed by atoms with van der Waals surface area (Å²) in [5.41, 5.74) is 4.98.